The van der Waals surface area contributed by atoms with Crippen LogP contribution in [0.2, 0.25) is 0 Å². The zero-order chi connectivity index (χ0) is 11.1. The van der Waals surface area contributed by atoms with Gasteiger partial charge in [-0.3, -0.25) is 4.79 Å². The molecule has 1 N–H and O–H groups in total. The van der Waals surface area contributed by atoms with Gasteiger partial charge in [0, 0.05) is 11.3 Å². The average Bonchev–Trinajstić information content (AvgIpc) is 1.97. The van der Waals surface area contributed by atoms with Crippen molar-refractivity contribution in [1.29, 1.82) is 0 Å². The summed E-state index contributed by atoms with van der Waals surface area (Å²) in [4.78, 5) is 14.7. The standard InChI is InChI=1S/C12H19NO/c1-7-8(2)10(12(4,5)6)11(14)13-9(7)3/h1-6H3,(H,13,14). The van der Waals surface area contributed by atoms with Crippen LogP contribution in [0.1, 0.15) is 43.2 Å². The van der Waals surface area contributed by atoms with Crippen LogP contribution in [0.5, 0.6) is 0 Å². The smallest absolute Gasteiger partial charge is 0.252 e. The van der Waals surface area contributed by atoms with E-state index in [0.717, 1.165) is 16.8 Å². The number of rotatable bonds is 0. The van der Waals surface area contributed by atoms with Gasteiger partial charge in [-0.2, -0.15) is 0 Å². The van der Waals surface area contributed by atoms with Crippen LogP contribution in [0.3, 0.4) is 0 Å². The number of aromatic nitrogens is 1. The highest BCUT2D eigenvalue weighted by Gasteiger charge is 2.21. The summed E-state index contributed by atoms with van der Waals surface area (Å²) in [6.07, 6.45) is 0. The van der Waals surface area contributed by atoms with Crippen LogP contribution >= 0.6 is 0 Å². The van der Waals surface area contributed by atoms with E-state index in [-0.39, 0.29) is 11.0 Å². The molecule has 0 aromatic carbocycles. The lowest BCUT2D eigenvalue weighted by Gasteiger charge is -2.22. The maximum Gasteiger partial charge on any atom is 0.252 e. The van der Waals surface area contributed by atoms with Gasteiger partial charge in [0.2, 0.25) is 0 Å². The Morgan fingerprint density at radius 1 is 1.00 bits per heavy atom. The number of hydrogen-bond donors (Lipinski definition) is 1. The molecule has 0 bridgehead atoms. The fourth-order valence-corrected chi connectivity index (χ4v) is 1.87. The predicted octanol–water partition coefficient (Wildman–Crippen LogP) is 2.60. The molecule has 2 nitrogen and oxygen atoms in total. The molecular weight excluding hydrogens is 174 g/mol. The van der Waals surface area contributed by atoms with E-state index >= 15 is 0 Å². The van der Waals surface area contributed by atoms with Gasteiger partial charge in [-0.05, 0) is 37.3 Å². The minimum absolute atomic E-state index is 0.0538. The number of hydrogen-bond acceptors (Lipinski definition) is 1. The Hall–Kier alpha value is -1.05. The molecule has 2 heteroatoms. The van der Waals surface area contributed by atoms with Crippen LogP contribution < -0.4 is 5.56 Å². The molecule has 0 spiro atoms. The Labute approximate surface area is 85.4 Å². The van der Waals surface area contributed by atoms with Crippen molar-refractivity contribution in [3.63, 3.8) is 0 Å². The van der Waals surface area contributed by atoms with Crippen molar-refractivity contribution in [2.75, 3.05) is 0 Å². The second-order valence-electron chi connectivity index (χ2n) is 4.95. The molecule has 0 amide bonds. The van der Waals surface area contributed by atoms with E-state index in [9.17, 15) is 4.79 Å². The monoisotopic (exact) mass is 193 g/mol. The van der Waals surface area contributed by atoms with Crippen LogP contribution in [0, 0.1) is 20.8 Å². The Balaban J connectivity index is 3.62. The van der Waals surface area contributed by atoms with Crippen molar-refractivity contribution >= 4 is 0 Å². The molecule has 0 saturated carbocycles. The fourth-order valence-electron chi connectivity index (χ4n) is 1.87. The van der Waals surface area contributed by atoms with Crippen LogP contribution in [-0.4, -0.2) is 4.98 Å². The van der Waals surface area contributed by atoms with E-state index < -0.39 is 0 Å². The molecule has 0 aliphatic rings. The molecule has 0 aliphatic carbocycles. The van der Waals surface area contributed by atoms with Crippen molar-refractivity contribution in [2.24, 2.45) is 0 Å². The lowest BCUT2D eigenvalue weighted by molar-refractivity contribution is 0.575. The number of pyridine rings is 1. The quantitative estimate of drug-likeness (QED) is 0.675. The molecule has 0 atom stereocenters. The first-order valence-electron chi connectivity index (χ1n) is 4.95. The van der Waals surface area contributed by atoms with Crippen LogP contribution in [-0.2, 0) is 5.41 Å². The minimum Gasteiger partial charge on any atom is -0.326 e. The number of H-pyrrole nitrogens is 1. The lowest BCUT2D eigenvalue weighted by Crippen LogP contribution is -2.27. The SMILES string of the molecule is Cc1[nH]c(=O)c(C(C)(C)C)c(C)c1C. The molecule has 1 aromatic heterocycles. The van der Waals surface area contributed by atoms with Crippen molar-refractivity contribution in [3.8, 4) is 0 Å². The molecule has 0 unspecified atom stereocenters. The summed E-state index contributed by atoms with van der Waals surface area (Å²) in [5.41, 5.74) is 4.16. The summed E-state index contributed by atoms with van der Waals surface area (Å²) in [6.45, 7) is 12.2. The maximum atomic E-state index is 11.8. The molecule has 14 heavy (non-hydrogen) atoms. The third-order valence-electron chi connectivity index (χ3n) is 2.78. The van der Waals surface area contributed by atoms with Crippen molar-refractivity contribution in [1.82, 2.24) is 4.98 Å². The molecule has 0 saturated heterocycles. The second kappa shape index (κ2) is 3.26. The van der Waals surface area contributed by atoms with Gasteiger partial charge in [-0.1, -0.05) is 20.8 Å². The largest absolute Gasteiger partial charge is 0.326 e. The molecule has 0 radical (unpaired) electrons. The summed E-state index contributed by atoms with van der Waals surface area (Å²) in [5.74, 6) is 0. The van der Waals surface area contributed by atoms with Gasteiger partial charge in [0.05, 0.1) is 0 Å². The fraction of sp³-hybridized carbons (Fsp3) is 0.583. The average molecular weight is 193 g/mol. The van der Waals surface area contributed by atoms with Crippen molar-refractivity contribution in [3.05, 3.63) is 32.7 Å². The highest BCUT2D eigenvalue weighted by Crippen LogP contribution is 2.24. The van der Waals surface area contributed by atoms with Crippen molar-refractivity contribution in [2.45, 2.75) is 47.0 Å². The van der Waals surface area contributed by atoms with E-state index in [1.54, 1.807) is 0 Å². The first-order chi connectivity index (χ1) is 6.25. The van der Waals surface area contributed by atoms with E-state index in [0.29, 0.717) is 0 Å². The third-order valence-corrected chi connectivity index (χ3v) is 2.78. The van der Waals surface area contributed by atoms with Gasteiger partial charge in [0.1, 0.15) is 0 Å². The molecule has 1 heterocycles. The highest BCUT2D eigenvalue weighted by atomic mass is 16.1. The summed E-state index contributed by atoms with van der Waals surface area (Å²) >= 11 is 0. The van der Waals surface area contributed by atoms with E-state index in [1.807, 2.05) is 13.8 Å². The zero-order valence-electron chi connectivity index (χ0n) is 9.91. The summed E-state index contributed by atoms with van der Waals surface area (Å²) in [6, 6.07) is 0. The Morgan fingerprint density at radius 2 is 1.50 bits per heavy atom. The Morgan fingerprint density at radius 3 is 1.93 bits per heavy atom. The molecule has 1 rings (SSSR count). The maximum absolute atomic E-state index is 11.8. The number of aromatic amines is 1. The Kier molecular flexibility index (Phi) is 2.57. The van der Waals surface area contributed by atoms with Gasteiger partial charge < -0.3 is 4.98 Å². The second-order valence-corrected chi connectivity index (χ2v) is 4.95. The van der Waals surface area contributed by atoms with Crippen LogP contribution in [0.15, 0.2) is 4.79 Å². The molecule has 0 aliphatic heterocycles. The highest BCUT2D eigenvalue weighted by molar-refractivity contribution is 5.37. The topological polar surface area (TPSA) is 32.9 Å². The normalized spacial score (nSPS) is 11.9. The van der Waals surface area contributed by atoms with Crippen LogP contribution in [0.25, 0.3) is 0 Å². The predicted molar refractivity (Wildman–Crippen MR) is 60.0 cm³/mol. The van der Waals surface area contributed by atoms with E-state index in [1.165, 1.54) is 5.56 Å². The third kappa shape index (κ3) is 1.74. The lowest BCUT2D eigenvalue weighted by atomic mass is 9.83. The first-order valence-corrected chi connectivity index (χ1v) is 4.95. The molecular formula is C12H19NO. The molecule has 0 fully saturated rings. The van der Waals surface area contributed by atoms with Gasteiger partial charge in [-0.15, -0.1) is 0 Å². The van der Waals surface area contributed by atoms with Gasteiger partial charge in [0.15, 0.2) is 0 Å². The van der Waals surface area contributed by atoms with E-state index in [2.05, 4.69) is 32.7 Å². The molecule has 78 valence electrons. The summed E-state index contributed by atoms with van der Waals surface area (Å²) in [5, 5.41) is 0. The number of nitrogens with one attached hydrogen (secondary N) is 1. The summed E-state index contributed by atoms with van der Waals surface area (Å²) in [7, 11) is 0. The first kappa shape index (κ1) is 11.0. The van der Waals surface area contributed by atoms with Gasteiger partial charge in [0.25, 0.3) is 5.56 Å². The Bertz CT molecular complexity index is 408. The summed E-state index contributed by atoms with van der Waals surface area (Å²) < 4.78 is 0. The number of aryl methyl sites for hydroxylation is 1. The zero-order valence-corrected chi connectivity index (χ0v) is 9.91. The minimum atomic E-state index is -0.0872. The van der Waals surface area contributed by atoms with Gasteiger partial charge in [-0.25, -0.2) is 0 Å². The van der Waals surface area contributed by atoms with E-state index in [4.69, 9.17) is 0 Å². The molecule has 1 aromatic rings. The van der Waals surface area contributed by atoms with Gasteiger partial charge >= 0.3 is 0 Å². The van der Waals surface area contributed by atoms with Crippen molar-refractivity contribution < 1.29 is 0 Å². The van der Waals surface area contributed by atoms with Crippen LogP contribution in [0.4, 0.5) is 0 Å².